The van der Waals surface area contributed by atoms with Crippen LogP contribution < -0.4 is 10.1 Å². The van der Waals surface area contributed by atoms with Crippen molar-refractivity contribution in [3.8, 4) is 11.5 Å². The summed E-state index contributed by atoms with van der Waals surface area (Å²) >= 11 is 0. The topological polar surface area (TPSA) is 21.3 Å². The van der Waals surface area contributed by atoms with Crippen LogP contribution in [0, 0.1) is 5.82 Å². The van der Waals surface area contributed by atoms with Gasteiger partial charge in [-0.2, -0.15) is 0 Å². The predicted octanol–water partition coefficient (Wildman–Crippen LogP) is 3.48. The van der Waals surface area contributed by atoms with Crippen molar-refractivity contribution >= 4 is 0 Å². The Balaban J connectivity index is 2.13. The third-order valence-electron chi connectivity index (χ3n) is 3.53. The maximum atomic E-state index is 14.1. The summed E-state index contributed by atoms with van der Waals surface area (Å²) in [5.74, 6) is 1.36. The zero-order chi connectivity index (χ0) is 13.2. The molecule has 0 aliphatic carbocycles. The third-order valence-corrected chi connectivity index (χ3v) is 3.53. The number of hydrogen-bond acceptors (Lipinski definition) is 2. The predicted molar refractivity (Wildman–Crippen MR) is 73.3 cm³/mol. The summed E-state index contributed by atoms with van der Waals surface area (Å²) in [6, 6.07) is 12.9. The number of ether oxygens (including phenoxy) is 1. The van der Waals surface area contributed by atoms with Gasteiger partial charge >= 0.3 is 0 Å². The van der Waals surface area contributed by atoms with Crippen LogP contribution in [0.3, 0.4) is 0 Å². The Morgan fingerprint density at radius 3 is 2.79 bits per heavy atom. The normalized spacial score (nSPS) is 17.1. The second-order valence-corrected chi connectivity index (χ2v) is 4.82. The van der Waals surface area contributed by atoms with Crippen LogP contribution in [0.25, 0.3) is 0 Å². The molecule has 1 atom stereocenters. The lowest BCUT2D eigenvalue weighted by Gasteiger charge is -2.16. The summed E-state index contributed by atoms with van der Waals surface area (Å²) in [4.78, 5) is 0. The van der Waals surface area contributed by atoms with Gasteiger partial charge in [-0.1, -0.05) is 24.3 Å². The van der Waals surface area contributed by atoms with E-state index in [4.69, 9.17) is 4.74 Å². The van der Waals surface area contributed by atoms with Gasteiger partial charge in [-0.15, -0.1) is 0 Å². The van der Waals surface area contributed by atoms with Gasteiger partial charge in [-0.05, 0) is 37.2 Å². The second-order valence-electron chi connectivity index (χ2n) is 4.82. The molecule has 0 aromatic heterocycles. The fourth-order valence-corrected chi connectivity index (χ4v) is 2.68. The van der Waals surface area contributed by atoms with E-state index >= 15 is 0 Å². The van der Waals surface area contributed by atoms with Gasteiger partial charge < -0.3 is 10.1 Å². The second kappa shape index (κ2) is 5.02. The van der Waals surface area contributed by atoms with Crippen molar-refractivity contribution < 1.29 is 9.13 Å². The first-order valence-corrected chi connectivity index (χ1v) is 6.48. The number of rotatable bonds is 2. The Bertz CT molecular complexity index is 597. The molecule has 0 unspecified atom stereocenters. The van der Waals surface area contributed by atoms with Gasteiger partial charge in [-0.3, -0.25) is 0 Å². The van der Waals surface area contributed by atoms with Crippen LogP contribution in [0.5, 0.6) is 11.5 Å². The number of benzene rings is 2. The van der Waals surface area contributed by atoms with Crippen molar-refractivity contribution in [3.05, 3.63) is 59.4 Å². The van der Waals surface area contributed by atoms with E-state index in [1.807, 2.05) is 37.4 Å². The number of likely N-dealkylation sites (N-methyl/N-ethyl adjacent to an activating group) is 1. The summed E-state index contributed by atoms with van der Waals surface area (Å²) in [5.41, 5.74) is 1.80. The molecule has 0 bridgehead atoms. The van der Waals surface area contributed by atoms with E-state index in [1.54, 1.807) is 6.07 Å². The van der Waals surface area contributed by atoms with Crippen molar-refractivity contribution in [1.82, 2.24) is 5.32 Å². The van der Waals surface area contributed by atoms with Crippen LogP contribution in [0.4, 0.5) is 4.39 Å². The van der Waals surface area contributed by atoms with E-state index in [9.17, 15) is 4.39 Å². The van der Waals surface area contributed by atoms with Crippen molar-refractivity contribution in [2.24, 2.45) is 0 Å². The first kappa shape index (κ1) is 12.2. The Hall–Kier alpha value is -1.87. The molecule has 0 saturated carbocycles. The molecule has 2 aromatic carbocycles. The minimum absolute atomic E-state index is 0.0878. The maximum Gasteiger partial charge on any atom is 0.133 e. The summed E-state index contributed by atoms with van der Waals surface area (Å²) in [7, 11) is 1.89. The van der Waals surface area contributed by atoms with E-state index in [0.29, 0.717) is 11.3 Å². The minimum Gasteiger partial charge on any atom is -0.457 e. The smallest absolute Gasteiger partial charge is 0.133 e. The molecule has 0 saturated heterocycles. The Morgan fingerprint density at radius 2 is 1.95 bits per heavy atom. The lowest BCUT2D eigenvalue weighted by atomic mass is 9.91. The zero-order valence-corrected chi connectivity index (χ0v) is 10.8. The molecule has 1 aliphatic heterocycles. The van der Waals surface area contributed by atoms with Crippen LogP contribution in [-0.2, 0) is 6.42 Å². The average Bonchev–Trinajstić information content (AvgIpc) is 2.56. The fourth-order valence-electron chi connectivity index (χ4n) is 2.68. The molecule has 98 valence electrons. The number of para-hydroxylation sites is 1. The molecular formula is C16H16FNO. The molecule has 19 heavy (non-hydrogen) atoms. The minimum atomic E-state index is -0.189. The number of halogens is 1. The summed E-state index contributed by atoms with van der Waals surface area (Å²) in [6.07, 6.45) is 0.783. The van der Waals surface area contributed by atoms with E-state index in [2.05, 4.69) is 5.32 Å². The lowest BCUT2D eigenvalue weighted by Crippen LogP contribution is -2.19. The summed E-state index contributed by atoms with van der Waals surface area (Å²) in [6.45, 7) is 0.728. The highest BCUT2D eigenvalue weighted by molar-refractivity contribution is 5.47. The Morgan fingerprint density at radius 1 is 1.16 bits per heavy atom. The molecule has 3 rings (SSSR count). The summed E-state index contributed by atoms with van der Waals surface area (Å²) in [5, 5.41) is 3.14. The van der Waals surface area contributed by atoms with Crippen LogP contribution in [0.1, 0.15) is 17.0 Å². The molecule has 1 heterocycles. The molecular weight excluding hydrogens is 241 g/mol. The SMILES string of the molecule is CNC[C@@H]1Cc2ccccc2Oc2cccc(F)c21. The lowest BCUT2D eigenvalue weighted by molar-refractivity contribution is 0.468. The molecule has 0 spiro atoms. The first-order chi connectivity index (χ1) is 9.29. The fraction of sp³-hybridized carbons (Fsp3) is 0.250. The van der Waals surface area contributed by atoms with Crippen molar-refractivity contribution in [3.63, 3.8) is 0 Å². The first-order valence-electron chi connectivity index (χ1n) is 6.48. The maximum absolute atomic E-state index is 14.1. The van der Waals surface area contributed by atoms with Crippen molar-refractivity contribution in [1.29, 1.82) is 0 Å². The highest BCUT2D eigenvalue weighted by atomic mass is 19.1. The van der Waals surface area contributed by atoms with E-state index in [-0.39, 0.29) is 11.7 Å². The molecule has 1 N–H and O–H groups in total. The largest absolute Gasteiger partial charge is 0.457 e. The average molecular weight is 257 g/mol. The third kappa shape index (κ3) is 2.22. The zero-order valence-electron chi connectivity index (χ0n) is 10.8. The van der Waals surface area contributed by atoms with E-state index < -0.39 is 0 Å². The van der Waals surface area contributed by atoms with Gasteiger partial charge in [0.2, 0.25) is 0 Å². The molecule has 0 radical (unpaired) electrons. The van der Waals surface area contributed by atoms with E-state index in [0.717, 1.165) is 24.3 Å². The summed E-state index contributed by atoms with van der Waals surface area (Å²) < 4.78 is 20.0. The highest BCUT2D eigenvalue weighted by Gasteiger charge is 2.25. The van der Waals surface area contributed by atoms with E-state index in [1.165, 1.54) is 6.07 Å². The monoisotopic (exact) mass is 257 g/mol. The van der Waals surface area contributed by atoms with Crippen LogP contribution >= 0.6 is 0 Å². The molecule has 2 nitrogen and oxygen atoms in total. The molecule has 1 aliphatic rings. The van der Waals surface area contributed by atoms with Crippen LogP contribution in [-0.4, -0.2) is 13.6 Å². The van der Waals surface area contributed by atoms with Gasteiger partial charge in [-0.25, -0.2) is 4.39 Å². The molecule has 0 amide bonds. The van der Waals surface area contributed by atoms with Gasteiger partial charge in [0.05, 0.1) is 0 Å². The van der Waals surface area contributed by atoms with Gasteiger partial charge in [0.15, 0.2) is 0 Å². The number of fused-ring (bicyclic) bond motifs is 2. The Kier molecular flexibility index (Phi) is 3.22. The van der Waals surface area contributed by atoms with Crippen molar-refractivity contribution in [2.45, 2.75) is 12.3 Å². The molecule has 3 heteroatoms. The van der Waals surface area contributed by atoms with Gasteiger partial charge in [0, 0.05) is 18.0 Å². The van der Waals surface area contributed by atoms with Crippen molar-refractivity contribution in [2.75, 3.05) is 13.6 Å². The molecule has 0 fully saturated rings. The molecule has 2 aromatic rings. The number of nitrogens with one attached hydrogen (secondary N) is 1. The quantitative estimate of drug-likeness (QED) is 0.889. The van der Waals surface area contributed by atoms with Gasteiger partial charge in [0.1, 0.15) is 17.3 Å². The standard InChI is InChI=1S/C16H16FNO/c1-18-10-12-9-11-5-2-3-7-14(11)19-15-8-4-6-13(17)16(12)15/h2-8,12,18H,9-10H2,1H3/t12-/m0/s1. The van der Waals surface area contributed by atoms with Gasteiger partial charge in [0.25, 0.3) is 0 Å². The number of hydrogen-bond donors (Lipinski definition) is 1. The highest BCUT2D eigenvalue weighted by Crippen LogP contribution is 2.40. The van der Waals surface area contributed by atoms with Crippen LogP contribution in [0.2, 0.25) is 0 Å². The Labute approximate surface area is 112 Å². The van der Waals surface area contributed by atoms with Crippen LogP contribution in [0.15, 0.2) is 42.5 Å².